The smallest absolute Gasteiger partial charge is 0.271 e. The normalized spacial score (nSPS) is 14.5. The zero-order chi connectivity index (χ0) is 22.0. The van der Waals surface area contributed by atoms with Crippen molar-refractivity contribution in [2.75, 3.05) is 11.4 Å². The average molecular weight is 435 g/mol. The molecular weight excluding hydrogens is 412 g/mol. The highest BCUT2D eigenvalue weighted by molar-refractivity contribution is 7.12. The summed E-state index contributed by atoms with van der Waals surface area (Å²) >= 11 is 1.35. The zero-order valence-electron chi connectivity index (χ0n) is 17.3. The number of fused-ring (bicyclic) bond motifs is 1. The van der Waals surface area contributed by atoms with Crippen LogP contribution in [-0.2, 0) is 16.1 Å². The van der Waals surface area contributed by atoms with Crippen molar-refractivity contribution < 1.29 is 19.1 Å². The summed E-state index contributed by atoms with van der Waals surface area (Å²) in [5.41, 5.74) is 0.703. The Kier molecular flexibility index (Phi) is 5.61. The predicted molar refractivity (Wildman–Crippen MR) is 120 cm³/mol. The van der Waals surface area contributed by atoms with E-state index in [1.54, 1.807) is 38.1 Å². The van der Waals surface area contributed by atoms with Crippen LogP contribution in [0.4, 0.5) is 5.69 Å². The van der Waals surface area contributed by atoms with Crippen LogP contribution in [0.25, 0.3) is 0 Å². The van der Waals surface area contributed by atoms with Gasteiger partial charge in [-0.1, -0.05) is 36.4 Å². The minimum atomic E-state index is -1.12. The fourth-order valence-corrected chi connectivity index (χ4v) is 4.10. The molecule has 1 N–H and O–H groups in total. The van der Waals surface area contributed by atoms with Gasteiger partial charge in [-0.25, -0.2) is 0 Å². The van der Waals surface area contributed by atoms with Gasteiger partial charge in [0.25, 0.3) is 5.91 Å². The summed E-state index contributed by atoms with van der Waals surface area (Å²) in [6.07, 6.45) is 0. The van der Waals surface area contributed by atoms with Crippen molar-refractivity contribution in [1.29, 1.82) is 0 Å². The highest BCUT2D eigenvalue weighted by atomic mass is 32.1. The van der Waals surface area contributed by atoms with Crippen molar-refractivity contribution in [2.24, 2.45) is 0 Å². The number of carbonyl (C=O) groups excluding carboxylic acids is 3. The molecule has 2 aromatic carbocycles. The van der Waals surface area contributed by atoms with Gasteiger partial charge in [-0.05, 0) is 49.1 Å². The van der Waals surface area contributed by atoms with Crippen LogP contribution in [-0.4, -0.2) is 29.7 Å². The Labute approximate surface area is 184 Å². The number of hydrogen-bond donors (Lipinski definition) is 1. The first-order chi connectivity index (χ1) is 14.8. The molecule has 0 saturated carbocycles. The number of amides is 2. The molecular formula is C24H22N2O4S. The number of ketones is 1. The summed E-state index contributed by atoms with van der Waals surface area (Å²) in [6.45, 7) is 3.53. The average Bonchev–Trinajstić information content (AvgIpc) is 3.30. The molecule has 31 heavy (non-hydrogen) atoms. The summed E-state index contributed by atoms with van der Waals surface area (Å²) in [5, 5.41) is 4.68. The van der Waals surface area contributed by atoms with Crippen molar-refractivity contribution in [3.8, 4) is 5.75 Å². The number of benzene rings is 2. The summed E-state index contributed by atoms with van der Waals surface area (Å²) in [5.74, 6) is -0.307. The van der Waals surface area contributed by atoms with Gasteiger partial charge in [-0.3, -0.25) is 19.3 Å². The Balaban J connectivity index is 1.59. The molecule has 4 rings (SSSR count). The van der Waals surface area contributed by atoms with Crippen LogP contribution >= 0.6 is 11.3 Å². The maximum atomic E-state index is 13.1. The first-order valence-electron chi connectivity index (χ1n) is 9.89. The summed E-state index contributed by atoms with van der Waals surface area (Å²) in [6, 6.07) is 18.1. The molecule has 2 heterocycles. The number of ether oxygens (including phenoxy) is 1. The Morgan fingerprint density at radius 1 is 1.06 bits per heavy atom. The monoisotopic (exact) mass is 434 g/mol. The molecule has 0 unspecified atom stereocenters. The van der Waals surface area contributed by atoms with Crippen molar-refractivity contribution >= 4 is 34.6 Å². The van der Waals surface area contributed by atoms with E-state index in [9.17, 15) is 14.4 Å². The van der Waals surface area contributed by atoms with Gasteiger partial charge >= 0.3 is 0 Å². The van der Waals surface area contributed by atoms with E-state index >= 15 is 0 Å². The van der Waals surface area contributed by atoms with Gasteiger partial charge < -0.3 is 10.1 Å². The van der Waals surface area contributed by atoms with Crippen molar-refractivity contribution in [3.05, 3.63) is 82.0 Å². The van der Waals surface area contributed by atoms with Crippen LogP contribution < -0.4 is 15.0 Å². The molecule has 0 atom stereocenters. The first-order valence-corrected chi connectivity index (χ1v) is 10.8. The topological polar surface area (TPSA) is 75.7 Å². The van der Waals surface area contributed by atoms with Crippen LogP contribution in [0.2, 0.25) is 0 Å². The Hall–Kier alpha value is -3.45. The van der Waals surface area contributed by atoms with Gasteiger partial charge in [0, 0.05) is 12.1 Å². The maximum absolute atomic E-state index is 13.1. The fourth-order valence-electron chi connectivity index (χ4n) is 3.41. The molecule has 1 aliphatic rings. The molecule has 0 saturated heterocycles. The third-order valence-corrected chi connectivity index (χ3v) is 5.89. The van der Waals surface area contributed by atoms with E-state index < -0.39 is 5.60 Å². The molecule has 0 fully saturated rings. The van der Waals surface area contributed by atoms with E-state index in [1.807, 2.05) is 41.8 Å². The van der Waals surface area contributed by atoms with Crippen LogP contribution in [0, 0.1) is 0 Å². The number of nitrogens with zero attached hydrogens (tertiary/aromatic N) is 1. The van der Waals surface area contributed by atoms with E-state index in [2.05, 4.69) is 5.32 Å². The van der Waals surface area contributed by atoms with E-state index in [-0.39, 0.29) is 24.1 Å². The molecule has 0 bridgehead atoms. The van der Waals surface area contributed by atoms with Crippen LogP contribution in [0.15, 0.2) is 66.0 Å². The highest BCUT2D eigenvalue weighted by Gasteiger charge is 2.41. The standard InChI is InChI=1S/C24H22N2O4S/c1-24(2)23(29)26(15-21(27)25-14-16-7-4-3-5-8-16)18-13-17(10-11-19(18)30-24)22(28)20-9-6-12-31-20/h3-13H,14-15H2,1-2H3,(H,25,27). The predicted octanol–water partition coefficient (Wildman–Crippen LogP) is 3.80. The number of thiophene rings is 1. The lowest BCUT2D eigenvalue weighted by Crippen LogP contribution is -2.55. The number of nitrogens with one attached hydrogen (secondary N) is 1. The molecule has 0 spiro atoms. The first kappa shape index (κ1) is 20.8. The fraction of sp³-hybridized carbons (Fsp3) is 0.208. The SMILES string of the molecule is CC1(C)Oc2ccc(C(=O)c3cccs3)cc2N(CC(=O)NCc2ccccc2)C1=O. The quantitative estimate of drug-likeness (QED) is 0.599. The Morgan fingerprint density at radius 2 is 1.84 bits per heavy atom. The molecule has 0 aliphatic carbocycles. The van der Waals surface area contributed by atoms with Gasteiger partial charge in [-0.2, -0.15) is 0 Å². The molecule has 6 nitrogen and oxygen atoms in total. The molecule has 7 heteroatoms. The zero-order valence-corrected chi connectivity index (χ0v) is 18.1. The highest BCUT2D eigenvalue weighted by Crippen LogP contribution is 2.38. The van der Waals surface area contributed by atoms with E-state index in [4.69, 9.17) is 4.74 Å². The largest absolute Gasteiger partial charge is 0.476 e. The number of rotatable bonds is 6. The third kappa shape index (κ3) is 4.36. The lowest BCUT2D eigenvalue weighted by molar-refractivity contribution is -0.134. The number of anilines is 1. The van der Waals surface area contributed by atoms with Gasteiger partial charge in [0.15, 0.2) is 5.60 Å². The Bertz CT molecular complexity index is 1120. The van der Waals surface area contributed by atoms with Crippen LogP contribution in [0.3, 0.4) is 0 Å². The van der Waals surface area contributed by atoms with Gasteiger partial charge in [0.2, 0.25) is 11.7 Å². The number of carbonyl (C=O) groups is 3. The maximum Gasteiger partial charge on any atom is 0.271 e. The number of hydrogen-bond acceptors (Lipinski definition) is 5. The lowest BCUT2D eigenvalue weighted by atomic mass is 10.0. The van der Waals surface area contributed by atoms with E-state index in [0.29, 0.717) is 28.4 Å². The summed E-state index contributed by atoms with van der Waals surface area (Å²) < 4.78 is 5.87. The van der Waals surface area contributed by atoms with E-state index in [0.717, 1.165) is 5.56 Å². The van der Waals surface area contributed by atoms with Gasteiger partial charge in [-0.15, -0.1) is 11.3 Å². The minimum Gasteiger partial charge on any atom is -0.476 e. The van der Waals surface area contributed by atoms with E-state index in [1.165, 1.54) is 16.2 Å². The van der Waals surface area contributed by atoms with Crippen molar-refractivity contribution in [2.45, 2.75) is 26.0 Å². The van der Waals surface area contributed by atoms with Gasteiger partial charge in [0.1, 0.15) is 12.3 Å². The van der Waals surface area contributed by atoms with Crippen LogP contribution in [0.5, 0.6) is 5.75 Å². The second kappa shape index (κ2) is 8.35. The molecule has 3 aromatic rings. The molecule has 0 radical (unpaired) electrons. The van der Waals surface area contributed by atoms with Crippen molar-refractivity contribution in [1.82, 2.24) is 5.32 Å². The van der Waals surface area contributed by atoms with Crippen LogP contribution in [0.1, 0.15) is 34.6 Å². The third-order valence-electron chi connectivity index (χ3n) is 5.02. The molecule has 158 valence electrons. The van der Waals surface area contributed by atoms with Crippen molar-refractivity contribution in [3.63, 3.8) is 0 Å². The summed E-state index contributed by atoms with van der Waals surface area (Å²) in [4.78, 5) is 40.5. The summed E-state index contributed by atoms with van der Waals surface area (Å²) in [7, 11) is 0. The van der Waals surface area contributed by atoms with Gasteiger partial charge in [0.05, 0.1) is 10.6 Å². The lowest BCUT2D eigenvalue weighted by Gasteiger charge is -2.38. The minimum absolute atomic E-state index is 0.136. The molecule has 1 aromatic heterocycles. The molecule has 1 aliphatic heterocycles. The second-order valence-electron chi connectivity index (χ2n) is 7.75. The second-order valence-corrected chi connectivity index (χ2v) is 8.70. The molecule has 2 amide bonds. The Morgan fingerprint density at radius 3 is 2.55 bits per heavy atom.